The molecule has 1 aromatic carbocycles. The Balaban J connectivity index is 1.58. The van der Waals surface area contributed by atoms with Crippen LogP contribution in [0.5, 0.6) is 0 Å². The second-order valence-electron chi connectivity index (χ2n) is 11.7. The number of imide groups is 2. The highest BCUT2D eigenvalue weighted by Crippen LogP contribution is 2.39. The fourth-order valence-corrected chi connectivity index (χ4v) is 5.73. The van der Waals surface area contributed by atoms with E-state index in [9.17, 15) is 43.4 Å². The van der Waals surface area contributed by atoms with Crippen molar-refractivity contribution in [2.24, 2.45) is 5.41 Å². The molecule has 0 bridgehead atoms. The molecule has 49 heavy (non-hydrogen) atoms. The number of nitrogens with zero attached hydrogens (tertiary/aromatic N) is 5. The van der Waals surface area contributed by atoms with Crippen molar-refractivity contribution in [3.8, 4) is 5.69 Å². The summed E-state index contributed by atoms with van der Waals surface area (Å²) in [5, 5.41) is 40.3. The Labute approximate surface area is 282 Å². The fourth-order valence-electron chi connectivity index (χ4n) is 5.73. The number of barbiturate groups is 1. The number of hydrogen-bond donors (Lipinski definition) is 4. The lowest BCUT2D eigenvalue weighted by molar-refractivity contribution is -0.170. The van der Waals surface area contributed by atoms with Crippen LogP contribution in [0.2, 0.25) is 0 Å². The zero-order chi connectivity index (χ0) is 36.1. The van der Waals surface area contributed by atoms with Gasteiger partial charge in [-0.05, 0) is 75.6 Å². The molecule has 0 radical (unpaired) electrons. The van der Waals surface area contributed by atoms with Gasteiger partial charge in [-0.15, -0.1) is 5.10 Å². The molecule has 0 spiro atoms. The first-order valence-corrected chi connectivity index (χ1v) is 16.2. The summed E-state index contributed by atoms with van der Waals surface area (Å²) in [4.78, 5) is 77.2. The third kappa shape index (κ3) is 9.34. The number of carbonyl (C=O) groups is 6. The molecule has 0 saturated carbocycles. The zero-order valence-corrected chi connectivity index (χ0v) is 27.6. The molecule has 1 saturated heterocycles. The molecule has 1 aliphatic heterocycles. The van der Waals surface area contributed by atoms with Crippen LogP contribution in [-0.4, -0.2) is 108 Å². The lowest BCUT2D eigenvalue weighted by Crippen LogP contribution is -2.70. The van der Waals surface area contributed by atoms with Crippen LogP contribution in [0.3, 0.4) is 0 Å². The van der Waals surface area contributed by atoms with E-state index in [-0.39, 0.29) is 25.7 Å². The Kier molecular flexibility index (Phi) is 14.1. The number of benzene rings is 1. The van der Waals surface area contributed by atoms with Gasteiger partial charge in [0.05, 0.1) is 24.3 Å². The van der Waals surface area contributed by atoms with Crippen molar-refractivity contribution >= 4 is 41.8 Å². The van der Waals surface area contributed by atoms with Gasteiger partial charge in [0.1, 0.15) is 17.5 Å². The Bertz CT molecular complexity index is 1520. The van der Waals surface area contributed by atoms with E-state index in [0.29, 0.717) is 42.2 Å². The van der Waals surface area contributed by atoms with Gasteiger partial charge in [-0.2, -0.15) is 0 Å². The zero-order valence-electron chi connectivity index (χ0n) is 27.6. The smallest absolute Gasteiger partial charge is 0.335 e. The van der Waals surface area contributed by atoms with Crippen molar-refractivity contribution in [3.05, 3.63) is 47.8 Å². The Hall–Kier alpha value is -4.99. The van der Waals surface area contributed by atoms with Crippen LogP contribution in [0.15, 0.2) is 36.5 Å². The van der Waals surface area contributed by atoms with Gasteiger partial charge in [0.2, 0.25) is 11.8 Å². The Morgan fingerprint density at radius 2 is 1.53 bits per heavy atom. The normalized spacial score (nSPS) is 15.9. The van der Waals surface area contributed by atoms with Crippen LogP contribution in [0, 0.1) is 5.41 Å². The summed E-state index contributed by atoms with van der Waals surface area (Å²) in [7, 11) is 0. The SMILES string of the molecule is CCC1(CC)C(=O)N(C(CCCCNC/C=C/c2ccc(-n3cc(CCCF)nn3)cc2)C(=O)O)C(=O)N([C@@H](CCC(=O)O)C(=O)O)C1=O. The molecule has 3 rings (SSSR count). The molecule has 15 nitrogen and oxygen atoms in total. The van der Waals surface area contributed by atoms with Crippen LogP contribution in [0.25, 0.3) is 11.8 Å². The molecular weight excluding hydrogens is 643 g/mol. The maximum absolute atomic E-state index is 13.6. The van der Waals surface area contributed by atoms with E-state index >= 15 is 0 Å². The topological polar surface area (TPSA) is 212 Å². The number of carboxylic acid groups (broad SMARTS) is 3. The minimum absolute atomic E-state index is 0.119. The minimum Gasteiger partial charge on any atom is -0.481 e. The summed E-state index contributed by atoms with van der Waals surface area (Å²) in [5.74, 6) is -6.56. The van der Waals surface area contributed by atoms with Gasteiger partial charge in [-0.1, -0.05) is 43.3 Å². The monoisotopic (exact) mass is 686 g/mol. The largest absolute Gasteiger partial charge is 0.481 e. The number of nitrogens with one attached hydrogen (secondary N) is 1. The molecule has 2 heterocycles. The summed E-state index contributed by atoms with van der Waals surface area (Å²) >= 11 is 0. The van der Waals surface area contributed by atoms with Gasteiger partial charge in [-0.25, -0.2) is 28.9 Å². The van der Waals surface area contributed by atoms with Gasteiger partial charge >= 0.3 is 23.9 Å². The lowest BCUT2D eigenvalue weighted by Gasteiger charge is -2.46. The number of halogens is 1. The molecule has 1 aromatic heterocycles. The van der Waals surface area contributed by atoms with Gasteiger partial charge < -0.3 is 20.6 Å². The molecule has 1 fully saturated rings. The summed E-state index contributed by atoms with van der Waals surface area (Å²) in [5.41, 5.74) is 0.607. The van der Waals surface area contributed by atoms with Crippen LogP contribution in [-0.2, 0) is 30.4 Å². The fraction of sp³-hybridized carbons (Fsp3) is 0.515. The number of amides is 4. The van der Waals surface area contributed by atoms with E-state index in [0.717, 1.165) is 16.9 Å². The first-order valence-electron chi connectivity index (χ1n) is 16.2. The highest BCUT2D eigenvalue weighted by Gasteiger charge is 2.59. The number of alkyl halides is 1. The van der Waals surface area contributed by atoms with E-state index < -0.39 is 72.8 Å². The van der Waals surface area contributed by atoms with Crippen molar-refractivity contribution in [1.82, 2.24) is 30.1 Å². The number of aromatic nitrogens is 3. The number of carbonyl (C=O) groups excluding carboxylic acids is 3. The van der Waals surface area contributed by atoms with Crippen molar-refractivity contribution < 1.29 is 48.5 Å². The molecule has 0 aliphatic carbocycles. The maximum atomic E-state index is 13.6. The lowest BCUT2D eigenvalue weighted by atomic mass is 9.77. The number of rotatable bonds is 21. The molecule has 16 heteroatoms. The first kappa shape index (κ1) is 38.5. The van der Waals surface area contributed by atoms with Crippen molar-refractivity contribution in [1.29, 1.82) is 0 Å². The highest BCUT2D eigenvalue weighted by molar-refractivity contribution is 6.21. The van der Waals surface area contributed by atoms with Gasteiger partial charge in [0.15, 0.2) is 0 Å². The van der Waals surface area contributed by atoms with Gasteiger partial charge in [0, 0.05) is 13.0 Å². The van der Waals surface area contributed by atoms with Crippen LogP contribution >= 0.6 is 0 Å². The maximum Gasteiger partial charge on any atom is 0.335 e. The van der Waals surface area contributed by atoms with Gasteiger partial charge in [0.25, 0.3) is 0 Å². The van der Waals surface area contributed by atoms with Crippen LogP contribution in [0.4, 0.5) is 9.18 Å². The van der Waals surface area contributed by atoms with Crippen LogP contribution in [0.1, 0.15) is 76.5 Å². The first-order chi connectivity index (χ1) is 23.4. The number of carboxylic acids is 3. The molecular formula is C33H43FN6O9. The molecule has 1 aliphatic rings. The number of hydrogen-bond acceptors (Lipinski definition) is 9. The molecule has 266 valence electrons. The molecule has 2 atom stereocenters. The van der Waals surface area contributed by atoms with E-state index in [1.807, 2.05) is 36.4 Å². The second kappa shape index (κ2) is 18.0. The summed E-state index contributed by atoms with van der Waals surface area (Å²) in [6.07, 6.45) is 5.63. The predicted molar refractivity (Wildman–Crippen MR) is 173 cm³/mol. The van der Waals surface area contributed by atoms with Crippen LogP contribution < -0.4 is 5.32 Å². The standard InChI is InChI=1S/C33H43FN6O9/c1-3-33(4-2)30(47)39(32(49)40(31(33)48)26(29(45)46)16-17-27(41)42)25(28(43)44)11-5-6-19-35-20-8-9-22-12-14-24(15-13-22)38-21-23(36-37-38)10-7-18-34/h8-9,12-15,21,25-26,35H,3-7,10-11,16-20H2,1-2H3,(H,41,42)(H,43,44)(H,45,46)/b9-8+/t25?,26-/m0/s1. The molecule has 2 aromatic rings. The third-order valence-corrected chi connectivity index (χ3v) is 8.62. The van der Waals surface area contributed by atoms with Crippen molar-refractivity contribution in [2.75, 3.05) is 19.8 Å². The molecule has 4 amide bonds. The predicted octanol–water partition coefficient (Wildman–Crippen LogP) is 3.31. The average molecular weight is 687 g/mol. The van der Waals surface area contributed by atoms with E-state index in [1.165, 1.54) is 13.8 Å². The van der Waals surface area contributed by atoms with Gasteiger partial charge in [-0.3, -0.25) is 18.8 Å². The summed E-state index contributed by atoms with van der Waals surface area (Å²) in [6, 6.07) is 2.66. The quantitative estimate of drug-likeness (QED) is 0.110. The Morgan fingerprint density at radius 1 is 0.918 bits per heavy atom. The molecule has 4 N–H and O–H groups in total. The van der Waals surface area contributed by atoms with Crippen molar-refractivity contribution in [3.63, 3.8) is 0 Å². The summed E-state index contributed by atoms with van der Waals surface area (Å²) < 4.78 is 14.0. The number of unbranched alkanes of at least 4 members (excludes halogenated alkanes) is 1. The minimum atomic E-state index is -1.89. The number of aliphatic carboxylic acids is 3. The summed E-state index contributed by atoms with van der Waals surface area (Å²) in [6.45, 7) is 3.61. The number of urea groups is 1. The van der Waals surface area contributed by atoms with E-state index in [4.69, 9.17) is 5.11 Å². The number of aryl methyl sites for hydroxylation is 1. The van der Waals surface area contributed by atoms with E-state index in [1.54, 1.807) is 10.9 Å². The Morgan fingerprint density at radius 3 is 2.08 bits per heavy atom. The highest BCUT2D eigenvalue weighted by atomic mass is 19.1. The van der Waals surface area contributed by atoms with E-state index in [2.05, 4.69) is 15.6 Å². The average Bonchev–Trinajstić information content (AvgIpc) is 3.55. The van der Waals surface area contributed by atoms with Crippen molar-refractivity contribution in [2.45, 2.75) is 83.7 Å². The molecule has 1 unspecified atom stereocenters. The third-order valence-electron chi connectivity index (χ3n) is 8.62. The second-order valence-corrected chi connectivity index (χ2v) is 11.7.